The number of nitrogens with one attached hydrogen (secondary N) is 2. The SMILES string of the molecule is CN=C(NCCC(=O)NCc1ccccc1)N1CCC(COCCOC)C1. The van der Waals surface area contributed by atoms with Crippen molar-refractivity contribution in [2.24, 2.45) is 10.9 Å². The Morgan fingerprint density at radius 1 is 1.26 bits per heavy atom. The van der Waals surface area contributed by atoms with Gasteiger partial charge in [0, 0.05) is 52.7 Å². The van der Waals surface area contributed by atoms with Crippen LogP contribution >= 0.6 is 0 Å². The molecule has 0 saturated carbocycles. The lowest BCUT2D eigenvalue weighted by molar-refractivity contribution is -0.121. The number of likely N-dealkylation sites (tertiary alicyclic amines) is 1. The van der Waals surface area contributed by atoms with Crippen LogP contribution < -0.4 is 10.6 Å². The maximum atomic E-state index is 12.0. The second-order valence-electron chi connectivity index (χ2n) is 6.65. The van der Waals surface area contributed by atoms with Crippen LogP contribution in [-0.4, -0.2) is 70.4 Å². The van der Waals surface area contributed by atoms with Crippen LogP contribution in [0.4, 0.5) is 0 Å². The van der Waals surface area contributed by atoms with Crippen molar-refractivity contribution in [1.82, 2.24) is 15.5 Å². The molecule has 1 unspecified atom stereocenters. The largest absolute Gasteiger partial charge is 0.382 e. The summed E-state index contributed by atoms with van der Waals surface area (Å²) in [6.45, 7) is 5.03. The van der Waals surface area contributed by atoms with Crippen molar-refractivity contribution in [3.05, 3.63) is 35.9 Å². The zero-order valence-electron chi connectivity index (χ0n) is 16.4. The van der Waals surface area contributed by atoms with E-state index in [9.17, 15) is 4.79 Å². The van der Waals surface area contributed by atoms with E-state index in [1.807, 2.05) is 30.3 Å². The summed E-state index contributed by atoms with van der Waals surface area (Å²) in [6, 6.07) is 9.92. The van der Waals surface area contributed by atoms with Crippen LogP contribution in [0.25, 0.3) is 0 Å². The molecule has 1 heterocycles. The van der Waals surface area contributed by atoms with Crippen molar-refractivity contribution in [1.29, 1.82) is 0 Å². The van der Waals surface area contributed by atoms with Crippen molar-refractivity contribution in [3.63, 3.8) is 0 Å². The van der Waals surface area contributed by atoms with E-state index < -0.39 is 0 Å². The molecule has 27 heavy (non-hydrogen) atoms. The number of hydrogen-bond donors (Lipinski definition) is 2. The third kappa shape index (κ3) is 7.97. The smallest absolute Gasteiger partial charge is 0.222 e. The van der Waals surface area contributed by atoms with Crippen molar-refractivity contribution in [3.8, 4) is 0 Å². The summed E-state index contributed by atoms with van der Waals surface area (Å²) in [7, 11) is 3.46. The van der Waals surface area contributed by atoms with E-state index in [2.05, 4.69) is 20.5 Å². The molecule has 0 aliphatic carbocycles. The molecular formula is C20H32N4O3. The molecule has 2 N–H and O–H groups in total. The number of hydrogen-bond acceptors (Lipinski definition) is 4. The molecule has 2 rings (SSSR count). The van der Waals surface area contributed by atoms with Gasteiger partial charge in [0.2, 0.25) is 5.91 Å². The van der Waals surface area contributed by atoms with E-state index in [1.165, 1.54) is 0 Å². The highest BCUT2D eigenvalue weighted by atomic mass is 16.5. The summed E-state index contributed by atoms with van der Waals surface area (Å²) in [5.74, 6) is 1.40. The van der Waals surface area contributed by atoms with Crippen LogP contribution in [0.15, 0.2) is 35.3 Å². The van der Waals surface area contributed by atoms with Gasteiger partial charge in [-0.1, -0.05) is 30.3 Å². The number of methoxy groups -OCH3 is 1. The molecule has 0 radical (unpaired) electrons. The minimum absolute atomic E-state index is 0.0349. The third-order valence-electron chi connectivity index (χ3n) is 4.55. The fourth-order valence-corrected chi connectivity index (χ4v) is 3.06. The summed E-state index contributed by atoms with van der Waals surface area (Å²) >= 11 is 0. The van der Waals surface area contributed by atoms with Crippen LogP contribution in [0, 0.1) is 5.92 Å². The van der Waals surface area contributed by atoms with Crippen molar-refractivity contribution in [2.75, 3.05) is 53.6 Å². The van der Waals surface area contributed by atoms with E-state index in [0.717, 1.165) is 37.6 Å². The molecule has 7 nitrogen and oxygen atoms in total. The van der Waals surface area contributed by atoms with Crippen LogP contribution in [0.1, 0.15) is 18.4 Å². The number of guanidine groups is 1. The van der Waals surface area contributed by atoms with Gasteiger partial charge in [-0.05, 0) is 12.0 Å². The first kappa shape index (κ1) is 21.2. The van der Waals surface area contributed by atoms with Gasteiger partial charge in [-0.25, -0.2) is 0 Å². The van der Waals surface area contributed by atoms with Gasteiger partial charge in [0.05, 0.1) is 19.8 Å². The number of nitrogens with zero attached hydrogens (tertiary/aromatic N) is 2. The van der Waals surface area contributed by atoms with Crippen LogP contribution in [0.5, 0.6) is 0 Å². The molecule has 0 spiro atoms. The fourth-order valence-electron chi connectivity index (χ4n) is 3.06. The molecule has 7 heteroatoms. The molecule has 1 saturated heterocycles. The number of rotatable bonds is 10. The Labute approximate surface area is 162 Å². The van der Waals surface area contributed by atoms with E-state index >= 15 is 0 Å². The summed E-state index contributed by atoms with van der Waals surface area (Å²) in [5.41, 5.74) is 1.10. The van der Waals surface area contributed by atoms with E-state index in [-0.39, 0.29) is 5.91 Å². The normalized spacial score (nSPS) is 17.2. The predicted octanol–water partition coefficient (Wildman–Crippen LogP) is 1.25. The van der Waals surface area contributed by atoms with Gasteiger partial charge in [-0.15, -0.1) is 0 Å². The highest BCUT2D eigenvalue weighted by Gasteiger charge is 2.24. The molecule has 0 bridgehead atoms. The molecule has 1 aliphatic heterocycles. The lowest BCUT2D eigenvalue weighted by Gasteiger charge is -2.21. The molecule has 150 valence electrons. The van der Waals surface area contributed by atoms with Gasteiger partial charge in [0.1, 0.15) is 0 Å². The lowest BCUT2D eigenvalue weighted by atomic mass is 10.1. The van der Waals surface area contributed by atoms with Crippen molar-refractivity contribution >= 4 is 11.9 Å². The van der Waals surface area contributed by atoms with Crippen molar-refractivity contribution < 1.29 is 14.3 Å². The predicted molar refractivity (Wildman–Crippen MR) is 107 cm³/mol. The van der Waals surface area contributed by atoms with Crippen LogP contribution in [-0.2, 0) is 20.8 Å². The first-order chi connectivity index (χ1) is 13.2. The second kappa shape index (κ2) is 12.3. The van der Waals surface area contributed by atoms with Gasteiger partial charge in [0.25, 0.3) is 0 Å². The highest BCUT2D eigenvalue weighted by Crippen LogP contribution is 2.16. The van der Waals surface area contributed by atoms with Crippen LogP contribution in [0.3, 0.4) is 0 Å². The Morgan fingerprint density at radius 3 is 2.81 bits per heavy atom. The lowest BCUT2D eigenvalue weighted by Crippen LogP contribution is -2.41. The van der Waals surface area contributed by atoms with E-state index in [0.29, 0.717) is 38.6 Å². The molecule has 0 aromatic heterocycles. The van der Waals surface area contributed by atoms with E-state index in [4.69, 9.17) is 9.47 Å². The summed E-state index contributed by atoms with van der Waals surface area (Å²) in [6.07, 6.45) is 1.51. The second-order valence-corrected chi connectivity index (χ2v) is 6.65. The Bertz CT molecular complexity index is 580. The summed E-state index contributed by atoms with van der Waals surface area (Å²) in [5, 5.41) is 6.23. The van der Waals surface area contributed by atoms with Gasteiger partial charge >= 0.3 is 0 Å². The minimum atomic E-state index is 0.0349. The monoisotopic (exact) mass is 376 g/mol. The van der Waals surface area contributed by atoms with Gasteiger partial charge in [0.15, 0.2) is 5.96 Å². The Hall–Kier alpha value is -2.12. The average molecular weight is 377 g/mol. The average Bonchev–Trinajstić information content (AvgIpc) is 3.16. The van der Waals surface area contributed by atoms with Gasteiger partial charge in [-0.3, -0.25) is 9.79 Å². The topological polar surface area (TPSA) is 75.2 Å². The number of ether oxygens (including phenoxy) is 2. The van der Waals surface area contributed by atoms with Gasteiger partial charge in [-0.2, -0.15) is 0 Å². The summed E-state index contributed by atoms with van der Waals surface area (Å²) < 4.78 is 10.6. The number of benzene rings is 1. The standard InChI is InChI=1S/C20H32N4O3/c1-21-20(24-11-9-18(15-24)16-27-13-12-26-2)22-10-8-19(25)23-14-17-6-4-3-5-7-17/h3-7,18H,8-16H2,1-2H3,(H,21,22)(H,23,25). The number of aliphatic imine (C=N–C) groups is 1. The zero-order chi connectivity index (χ0) is 19.3. The number of amides is 1. The Morgan fingerprint density at radius 2 is 2.07 bits per heavy atom. The van der Waals surface area contributed by atoms with Crippen molar-refractivity contribution in [2.45, 2.75) is 19.4 Å². The molecule has 1 aliphatic rings. The molecule has 1 fully saturated rings. The van der Waals surface area contributed by atoms with Crippen LogP contribution in [0.2, 0.25) is 0 Å². The highest BCUT2D eigenvalue weighted by molar-refractivity contribution is 5.81. The molecule has 1 aromatic rings. The van der Waals surface area contributed by atoms with Gasteiger partial charge < -0.3 is 25.0 Å². The third-order valence-corrected chi connectivity index (χ3v) is 4.55. The maximum Gasteiger partial charge on any atom is 0.222 e. The molecule has 1 amide bonds. The first-order valence-electron chi connectivity index (χ1n) is 9.55. The molecular weight excluding hydrogens is 344 g/mol. The molecule has 1 aromatic carbocycles. The number of carbonyl (C=O) groups excluding carboxylic acids is 1. The quantitative estimate of drug-likeness (QED) is 0.365. The van der Waals surface area contributed by atoms with E-state index in [1.54, 1.807) is 14.2 Å². The molecule has 1 atom stereocenters. The summed E-state index contributed by atoms with van der Waals surface area (Å²) in [4.78, 5) is 18.6. The number of carbonyl (C=O) groups is 1. The Kier molecular flexibility index (Phi) is 9.65. The minimum Gasteiger partial charge on any atom is -0.382 e. The zero-order valence-corrected chi connectivity index (χ0v) is 16.4. The first-order valence-corrected chi connectivity index (χ1v) is 9.55. The maximum absolute atomic E-state index is 12.0. The Balaban J connectivity index is 1.62. The fraction of sp³-hybridized carbons (Fsp3) is 0.600.